The van der Waals surface area contributed by atoms with Gasteiger partial charge in [-0.2, -0.15) is 0 Å². The SMILES string of the molecule is O=C(c1cccnc1)N1CC[C@@]23O[C@@H](c4ccccc4)CN2C(=O)C[C@@H]13. The van der Waals surface area contributed by atoms with Gasteiger partial charge in [0.05, 0.1) is 24.6 Å². The molecule has 0 unspecified atom stereocenters. The van der Waals surface area contributed by atoms with Crippen LogP contribution in [0, 0.1) is 0 Å². The van der Waals surface area contributed by atoms with Gasteiger partial charge in [0.25, 0.3) is 5.91 Å². The summed E-state index contributed by atoms with van der Waals surface area (Å²) in [4.78, 5) is 33.3. The molecule has 6 nitrogen and oxygen atoms in total. The fraction of sp³-hybridized carbons (Fsp3) is 0.350. The number of ether oxygens (including phenoxy) is 1. The fourth-order valence-corrected chi connectivity index (χ4v) is 4.56. The third-order valence-corrected chi connectivity index (χ3v) is 5.77. The van der Waals surface area contributed by atoms with Crippen LogP contribution in [0.15, 0.2) is 54.9 Å². The molecule has 4 heterocycles. The molecule has 0 saturated carbocycles. The summed E-state index contributed by atoms with van der Waals surface area (Å²) in [6, 6.07) is 13.2. The quantitative estimate of drug-likeness (QED) is 0.832. The Bertz CT molecular complexity index is 857. The Morgan fingerprint density at radius 2 is 2.04 bits per heavy atom. The van der Waals surface area contributed by atoms with Crippen LogP contribution in [-0.4, -0.2) is 51.5 Å². The van der Waals surface area contributed by atoms with Crippen molar-refractivity contribution in [2.45, 2.75) is 30.7 Å². The summed E-state index contributed by atoms with van der Waals surface area (Å²) in [7, 11) is 0. The molecular weight excluding hydrogens is 330 g/mol. The van der Waals surface area contributed by atoms with Crippen LogP contribution in [0.2, 0.25) is 0 Å². The van der Waals surface area contributed by atoms with Gasteiger partial charge in [0.15, 0.2) is 5.72 Å². The normalized spacial score (nSPS) is 29.8. The number of carbonyl (C=O) groups excluding carboxylic acids is 2. The van der Waals surface area contributed by atoms with Crippen LogP contribution in [0.4, 0.5) is 0 Å². The fourth-order valence-electron chi connectivity index (χ4n) is 4.56. The summed E-state index contributed by atoms with van der Waals surface area (Å²) in [5, 5.41) is 0. The third-order valence-electron chi connectivity index (χ3n) is 5.77. The number of likely N-dealkylation sites (tertiary alicyclic amines) is 1. The van der Waals surface area contributed by atoms with Crippen LogP contribution in [0.1, 0.15) is 34.9 Å². The number of amides is 2. The van der Waals surface area contributed by atoms with E-state index in [4.69, 9.17) is 4.74 Å². The molecule has 0 bridgehead atoms. The number of rotatable bonds is 2. The second-order valence-corrected chi connectivity index (χ2v) is 7.08. The van der Waals surface area contributed by atoms with Gasteiger partial charge < -0.3 is 14.5 Å². The predicted molar refractivity (Wildman–Crippen MR) is 93.0 cm³/mol. The van der Waals surface area contributed by atoms with E-state index in [-0.39, 0.29) is 24.0 Å². The Labute approximate surface area is 151 Å². The van der Waals surface area contributed by atoms with E-state index in [0.29, 0.717) is 31.5 Å². The van der Waals surface area contributed by atoms with Gasteiger partial charge in [-0.15, -0.1) is 0 Å². The van der Waals surface area contributed by atoms with Gasteiger partial charge in [-0.25, -0.2) is 0 Å². The molecule has 2 amide bonds. The zero-order valence-corrected chi connectivity index (χ0v) is 14.2. The summed E-state index contributed by atoms with van der Waals surface area (Å²) in [6.07, 6.45) is 4.06. The lowest BCUT2D eigenvalue weighted by atomic mass is 10.1. The van der Waals surface area contributed by atoms with Crippen molar-refractivity contribution in [3.8, 4) is 0 Å². The van der Waals surface area contributed by atoms with E-state index in [9.17, 15) is 9.59 Å². The van der Waals surface area contributed by atoms with Crippen molar-refractivity contribution >= 4 is 11.8 Å². The number of aromatic nitrogens is 1. The Hall–Kier alpha value is -2.73. The van der Waals surface area contributed by atoms with Crippen molar-refractivity contribution in [1.82, 2.24) is 14.8 Å². The maximum Gasteiger partial charge on any atom is 0.255 e. The zero-order chi connectivity index (χ0) is 17.7. The standard InChI is InChI=1S/C20H19N3O3/c24-18-11-17-20(8-10-22(17)19(25)15-7-4-9-21-12-15)23(18)13-16(26-20)14-5-2-1-3-6-14/h1-7,9,12,16-17H,8,10-11,13H2/t16-,17-,20+/m1/s1. The number of carbonyl (C=O) groups is 2. The highest BCUT2D eigenvalue weighted by Gasteiger charge is 2.64. The maximum absolute atomic E-state index is 12.9. The molecule has 3 saturated heterocycles. The highest BCUT2D eigenvalue weighted by atomic mass is 16.5. The molecule has 1 spiro atoms. The molecule has 26 heavy (non-hydrogen) atoms. The smallest absolute Gasteiger partial charge is 0.255 e. The molecule has 0 aliphatic carbocycles. The highest BCUT2D eigenvalue weighted by Crippen LogP contribution is 2.50. The van der Waals surface area contributed by atoms with Crippen LogP contribution < -0.4 is 0 Å². The second kappa shape index (κ2) is 5.64. The van der Waals surface area contributed by atoms with E-state index in [1.54, 1.807) is 29.4 Å². The van der Waals surface area contributed by atoms with E-state index in [0.717, 1.165) is 5.56 Å². The van der Waals surface area contributed by atoms with E-state index in [2.05, 4.69) is 4.98 Å². The van der Waals surface area contributed by atoms with Crippen molar-refractivity contribution in [2.75, 3.05) is 13.1 Å². The topological polar surface area (TPSA) is 62.7 Å². The first-order valence-corrected chi connectivity index (χ1v) is 8.93. The van der Waals surface area contributed by atoms with Crippen molar-refractivity contribution < 1.29 is 14.3 Å². The highest BCUT2D eigenvalue weighted by molar-refractivity contribution is 5.95. The molecule has 1 aromatic heterocycles. The number of benzene rings is 1. The number of pyridine rings is 1. The van der Waals surface area contributed by atoms with Crippen LogP contribution in [0.25, 0.3) is 0 Å². The zero-order valence-electron chi connectivity index (χ0n) is 14.2. The molecule has 3 aliphatic heterocycles. The summed E-state index contributed by atoms with van der Waals surface area (Å²) in [5.74, 6) is -0.0153. The molecule has 3 fully saturated rings. The van der Waals surface area contributed by atoms with Crippen molar-refractivity contribution in [3.05, 3.63) is 66.0 Å². The average molecular weight is 349 g/mol. The van der Waals surface area contributed by atoms with Gasteiger partial charge in [-0.05, 0) is 17.7 Å². The van der Waals surface area contributed by atoms with Gasteiger partial charge in [0.2, 0.25) is 5.91 Å². The summed E-state index contributed by atoms with van der Waals surface area (Å²) >= 11 is 0. The average Bonchev–Trinajstić information content (AvgIpc) is 3.31. The van der Waals surface area contributed by atoms with Gasteiger partial charge >= 0.3 is 0 Å². The molecule has 0 N–H and O–H groups in total. The Balaban J connectivity index is 1.45. The lowest BCUT2D eigenvalue weighted by Crippen LogP contribution is -2.48. The van der Waals surface area contributed by atoms with Gasteiger partial charge in [-0.3, -0.25) is 14.6 Å². The molecular formula is C20H19N3O3. The van der Waals surface area contributed by atoms with Crippen LogP contribution in [-0.2, 0) is 9.53 Å². The summed E-state index contributed by atoms with van der Waals surface area (Å²) in [5.41, 5.74) is 0.933. The van der Waals surface area contributed by atoms with Crippen molar-refractivity contribution in [1.29, 1.82) is 0 Å². The molecule has 132 valence electrons. The number of nitrogens with zero attached hydrogens (tertiary/aromatic N) is 3. The van der Waals surface area contributed by atoms with Gasteiger partial charge in [0.1, 0.15) is 6.10 Å². The third kappa shape index (κ3) is 2.12. The summed E-state index contributed by atoms with van der Waals surface area (Å²) in [6.45, 7) is 1.14. The number of hydrogen-bond donors (Lipinski definition) is 0. The Kier molecular flexibility index (Phi) is 3.37. The molecule has 2 aromatic rings. The van der Waals surface area contributed by atoms with Crippen LogP contribution in [0.5, 0.6) is 0 Å². The molecule has 0 radical (unpaired) electrons. The molecule has 6 heteroatoms. The number of hydrogen-bond acceptors (Lipinski definition) is 4. The minimum Gasteiger partial charge on any atom is -0.343 e. The lowest BCUT2D eigenvalue weighted by molar-refractivity contribution is -0.138. The molecule has 3 aliphatic rings. The van der Waals surface area contributed by atoms with Crippen LogP contribution in [0.3, 0.4) is 0 Å². The second-order valence-electron chi connectivity index (χ2n) is 7.08. The molecule has 3 atom stereocenters. The Morgan fingerprint density at radius 1 is 1.19 bits per heavy atom. The minimum atomic E-state index is -0.685. The first kappa shape index (κ1) is 15.5. The van der Waals surface area contributed by atoms with Crippen LogP contribution >= 0.6 is 0 Å². The predicted octanol–water partition coefficient (Wildman–Crippen LogP) is 2.00. The largest absolute Gasteiger partial charge is 0.343 e. The first-order valence-electron chi connectivity index (χ1n) is 8.93. The maximum atomic E-state index is 12.9. The monoisotopic (exact) mass is 349 g/mol. The minimum absolute atomic E-state index is 0.0668. The molecule has 5 rings (SSSR count). The van der Waals surface area contributed by atoms with E-state index < -0.39 is 5.72 Å². The van der Waals surface area contributed by atoms with E-state index >= 15 is 0 Å². The van der Waals surface area contributed by atoms with E-state index in [1.807, 2.05) is 35.2 Å². The van der Waals surface area contributed by atoms with E-state index in [1.165, 1.54) is 0 Å². The van der Waals surface area contributed by atoms with Crippen molar-refractivity contribution in [3.63, 3.8) is 0 Å². The first-order chi connectivity index (χ1) is 12.7. The van der Waals surface area contributed by atoms with Gasteiger partial charge in [0, 0.05) is 25.4 Å². The molecule has 1 aromatic carbocycles. The Morgan fingerprint density at radius 3 is 2.81 bits per heavy atom. The summed E-state index contributed by atoms with van der Waals surface area (Å²) < 4.78 is 6.47. The van der Waals surface area contributed by atoms with Gasteiger partial charge in [-0.1, -0.05) is 30.3 Å². The lowest BCUT2D eigenvalue weighted by Gasteiger charge is -2.32. The van der Waals surface area contributed by atoms with Crippen molar-refractivity contribution in [2.24, 2.45) is 0 Å².